The highest BCUT2D eigenvalue weighted by molar-refractivity contribution is 6.00. The van der Waals surface area contributed by atoms with Crippen molar-refractivity contribution < 1.29 is 22.8 Å². The van der Waals surface area contributed by atoms with Crippen molar-refractivity contribution in [2.24, 2.45) is 5.73 Å². The Hall–Kier alpha value is -2.87. The Morgan fingerprint density at radius 3 is 2.11 bits per heavy atom. The van der Waals surface area contributed by atoms with Gasteiger partial charge in [-0.05, 0) is 54.8 Å². The molecule has 1 aliphatic rings. The van der Waals surface area contributed by atoms with E-state index in [1.165, 1.54) is 0 Å². The van der Waals surface area contributed by atoms with Gasteiger partial charge in [0, 0.05) is 17.8 Å². The summed E-state index contributed by atoms with van der Waals surface area (Å²) in [5, 5.41) is 5.38. The van der Waals surface area contributed by atoms with Crippen LogP contribution in [-0.2, 0) is 17.5 Å². The zero-order chi connectivity index (χ0) is 19.7. The third-order valence-corrected chi connectivity index (χ3v) is 4.38. The van der Waals surface area contributed by atoms with E-state index >= 15 is 0 Å². The van der Waals surface area contributed by atoms with Crippen molar-refractivity contribution in [2.45, 2.75) is 31.1 Å². The van der Waals surface area contributed by atoms with Crippen LogP contribution in [0.2, 0.25) is 0 Å². The van der Waals surface area contributed by atoms with Crippen molar-refractivity contribution in [2.75, 3.05) is 5.32 Å². The maximum atomic E-state index is 12.5. The van der Waals surface area contributed by atoms with E-state index in [1.54, 1.807) is 24.3 Å². The van der Waals surface area contributed by atoms with Crippen molar-refractivity contribution in [1.29, 1.82) is 0 Å². The van der Waals surface area contributed by atoms with Gasteiger partial charge in [0.05, 0.1) is 11.1 Å². The first-order valence-corrected chi connectivity index (χ1v) is 8.32. The van der Waals surface area contributed by atoms with Crippen molar-refractivity contribution in [3.05, 3.63) is 65.2 Å². The molecule has 0 atom stereocenters. The zero-order valence-corrected chi connectivity index (χ0v) is 14.3. The van der Waals surface area contributed by atoms with Gasteiger partial charge < -0.3 is 16.4 Å². The number of nitrogens with two attached hydrogens (primary N) is 1. The van der Waals surface area contributed by atoms with Crippen LogP contribution in [0.25, 0.3) is 0 Å². The fourth-order valence-electron chi connectivity index (χ4n) is 2.42. The summed E-state index contributed by atoms with van der Waals surface area (Å²) in [5.74, 6) is -0.689. The lowest BCUT2D eigenvalue weighted by Crippen LogP contribution is -2.37. The van der Waals surface area contributed by atoms with E-state index < -0.39 is 23.2 Å². The Morgan fingerprint density at radius 2 is 1.59 bits per heavy atom. The molecule has 1 saturated carbocycles. The van der Waals surface area contributed by atoms with Crippen molar-refractivity contribution >= 4 is 17.5 Å². The van der Waals surface area contributed by atoms with Gasteiger partial charge in [-0.1, -0.05) is 12.1 Å². The van der Waals surface area contributed by atoms with Crippen LogP contribution in [-0.4, -0.2) is 17.4 Å². The molecule has 8 heteroatoms. The molecule has 27 heavy (non-hydrogen) atoms. The van der Waals surface area contributed by atoms with Crippen molar-refractivity contribution in [1.82, 2.24) is 5.32 Å². The van der Waals surface area contributed by atoms with Crippen LogP contribution in [0.1, 0.15) is 34.3 Å². The molecule has 5 nitrogen and oxygen atoms in total. The molecule has 2 aromatic rings. The quantitative estimate of drug-likeness (QED) is 0.749. The number of rotatable bonds is 5. The first-order chi connectivity index (χ1) is 12.7. The number of carbonyl (C=O) groups excluding carboxylic acids is 2. The number of hydrogen-bond donors (Lipinski definition) is 3. The lowest BCUT2D eigenvalue weighted by atomic mass is 10.1. The molecule has 0 bridgehead atoms. The minimum Gasteiger partial charge on any atom is -0.348 e. The van der Waals surface area contributed by atoms with Gasteiger partial charge in [-0.25, -0.2) is 0 Å². The summed E-state index contributed by atoms with van der Waals surface area (Å²) in [6.07, 6.45) is -3.09. The molecule has 4 N–H and O–H groups in total. The number of hydrogen-bond acceptors (Lipinski definition) is 3. The SMILES string of the molecule is NC1(C(=O)Nc2ccc(CNC(=O)c3ccc(C(F)(F)F)cc3)cc2)CC1. The highest BCUT2D eigenvalue weighted by atomic mass is 19.4. The molecule has 142 valence electrons. The van der Waals surface area contributed by atoms with E-state index in [9.17, 15) is 22.8 Å². The molecule has 3 rings (SSSR count). The fraction of sp³-hybridized carbons (Fsp3) is 0.263. The molecule has 0 saturated heterocycles. The third-order valence-electron chi connectivity index (χ3n) is 4.38. The molecular formula is C19H18F3N3O2. The first-order valence-electron chi connectivity index (χ1n) is 8.32. The van der Waals surface area contributed by atoms with E-state index in [1.807, 2.05) is 0 Å². The number of benzene rings is 2. The van der Waals surface area contributed by atoms with Gasteiger partial charge in [-0.3, -0.25) is 9.59 Å². The number of carbonyl (C=O) groups is 2. The first kappa shape index (κ1) is 18.9. The standard InChI is InChI=1S/C19H18F3N3O2/c20-19(21,22)14-5-3-13(4-6-14)16(26)24-11-12-1-7-15(8-2-12)25-17(27)18(23)9-10-18/h1-8H,9-11,23H2,(H,24,26)(H,25,27). The maximum absolute atomic E-state index is 12.5. The third kappa shape index (κ3) is 4.65. The number of anilines is 1. The molecule has 0 spiro atoms. The summed E-state index contributed by atoms with van der Waals surface area (Å²) in [6.45, 7) is 0.203. The summed E-state index contributed by atoms with van der Waals surface area (Å²) in [4.78, 5) is 23.9. The second-order valence-corrected chi connectivity index (χ2v) is 6.56. The van der Waals surface area contributed by atoms with Gasteiger partial charge in [0.2, 0.25) is 5.91 Å². The van der Waals surface area contributed by atoms with Crippen LogP contribution in [0, 0.1) is 0 Å². The van der Waals surface area contributed by atoms with E-state index in [-0.39, 0.29) is 18.0 Å². The minimum atomic E-state index is -4.44. The summed E-state index contributed by atoms with van der Waals surface area (Å²) in [5.41, 5.74) is 5.79. The second-order valence-electron chi connectivity index (χ2n) is 6.56. The number of nitrogens with one attached hydrogen (secondary N) is 2. The Balaban J connectivity index is 1.53. The molecule has 2 aromatic carbocycles. The van der Waals surface area contributed by atoms with Gasteiger partial charge in [0.15, 0.2) is 0 Å². The molecule has 1 aliphatic carbocycles. The number of amides is 2. The summed E-state index contributed by atoms with van der Waals surface area (Å²) < 4.78 is 37.6. The van der Waals surface area contributed by atoms with Gasteiger partial charge in [-0.2, -0.15) is 13.2 Å². The van der Waals surface area contributed by atoms with Gasteiger partial charge in [0.1, 0.15) is 0 Å². The molecule has 0 heterocycles. The predicted molar refractivity (Wildman–Crippen MR) is 93.8 cm³/mol. The molecular weight excluding hydrogens is 359 g/mol. The summed E-state index contributed by atoms with van der Waals surface area (Å²) in [7, 11) is 0. The van der Waals surface area contributed by atoms with E-state index in [2.05, 4.69) is 10.6 Å². The zero-order valence-electron chi connectivity index (χ0n) is 14.3. The second kappa shape index (κ2) is 7.03. The largest absolute Gasteiger partial charge is 0.416 e. The Morgan fingerprint density at radius 1 is 1.00 bits per heavy atom. The average molecular weight is 377 g/mol. The normalized spacial score (nSPS) is 15.1. The Labute approximate surface area is 153 Å². The summed E-state index contributed by atoms with van der Waals surface area (Å²) >= 11 is 0. The predicted octanol–water partition coefficient (Wildman–Crippen LogP) is 3.07. The van der Waals surface area contributed by atoms with Crippen LogP contribution >= 0.6 is 0 Å². The van der Waals surface area contributed by atoms with Crippen LogP contribution in [0.3, 0.4) is 0 Å². The van der Waals surface area contributed by atoms with E-state index in [0.717, 1.165) is 29.8 Å². The molecule has 0 unspecified atom stereocenters. The van der Waals surface area contributed by atoms with Crippen molar-refractivity contribution in [3.63, 3.8) is 0 Å². The van der Waals surface area contributed by atoms with Gasteiger partial charge >= 0.3 is 6.18 Å². The van der Waals surface area contributed by atoms with Gasteiger partial charge in [0.25, 0.3) is 5.91 Å². The van der Waals surface area contributed by atoms with Crippen molar-refractivity contribution in [3.8, 4) is 0 Å². The molecule has 0 radical (unpaired) electrons. The van der Waals surface area contributed by atoms with Crippen LogP contribution < -0.4 is 16.4 Å². The molecule has 2 amide bonds. The number of alkyl halides is 3. The highest BCUT2D eigenvalue weighted by Crippen LogP contribution is 2.33. The topological polar surface area (TPSA) is 84.2 Å². The Kier molecular flexibility index (Phi) is 4.93. The van der Waals surface area contributed by atoms with Gasteiger partial charge in [-0.15, -0.1) is 0 Å². The Bertz CT molecular complexity index is 842. The van der Waals surface area contributed by atoms with E-state index in [4.69, 9.17) is 5.73 Å². The lowest BCUT2D eigenvalue weighted by Gasteiger charge is -2.11. The number of halogens is 3. The maximum Gasteiger partial charge on any atom is 0.416 e. The van der Waals surface area contributed by atoms with E-state index in [0.29, 0.717) is 18.5 Å². The smallest absolute Gasteiger partial charge is 0.348 e. The van der Waals surface area contributed by atoms with Crippen LogP contribution in [0.15, 0.2) is 48.5 Å². The monoisotopic (exact) mass is 377 g/mol. The molecule has 1 fully saturated rings. The van der Waals surface area contributed by atoms with Crippen LogP contribution in [0.4, 0.5) is 18.9 Å². The average Bonchev–Trinajstić information content (AvgIpc) is 3.39. The fourth-order valence-corrected chi connectivity index (χ4v) is 2.42. The highest BCUT2D eigenvalue weighted by Gasteiger charge is 2.45. The molecule has 0 aromatic heterocycles. The minimum absolute atomic E-state index is 0.143. The molecule has 0 aliphatic heterocycles. The summed E-state index contributed by atoms with van der Waals surface area (Å²) in [6, 6.07) is 10.9. The van der Waals surface area contributed by atoms with Crippen LogP contribution in [0.5, 0.6) is 0 Å². The lowest BCUT2D eigenvalue weighted by molar-refractivity contribution is -0.137.